The van der Waals surface area contributed by atoms with Gasteiger partial charge in [-0.1, -0.05) is 0 Å². The number of nitro benzene ring substituents is 2. The number of nitro groups is 2. The highest BCUT2D eigenvalue weighted by atomic mass is 16.6. The first-order valence-corrected chi connectivity index (χ1v) is 5.86. The zero-order chi connectivity index (χ0) is 14.0. The molecular weight excluding hydrogens is 252 g/mol. The van der Waals surface area contributed by atoms with Crippen molar-refractivity contribution in [3.05, 3.63) is 38.4 Å². The van der Waals surface area contributed by atoms with E-state index in [9.17, 15) is 20.2 Å². The summed E-state index contributed by atoms with van der Waals surface area (Å²) < 4.78 is 0. The fourth-order valence-corrected chi connectivity index (χ4v) is 2.17. The minimum absolute atomic E-state index is 0.116. The van der Waals surface area contributed by atoms with E-state index in [4.69, 9.17) is 0 Å². The molecule has 102 valence electrons. The molecule has 0 unspecified atom stereocenters. The van der Waals surface area contributed by atoms with Crippen molar-refractivity contribution in [2.24, 2.45) is 0 Å². The Morgan fingerprint density at radius 1 is 1.00 bits per heavy atom. The molecular formula is C11H14N4O4. The zero-order valence-electron chi connectivity index (χ0n) is 10.5. The highest BCUT2D eigenvalue weighted by Gasteiger charge is 2.30. The summed E-state index contributed by atoms with van der Waals surface area (Å²) in [5.74, 6) is 0. The minimum atomic E-state index is -0.569. The number of likely N-dealkylation sites (N-methyl/N-ethyl adjacent to an activating group) is 1. The summed E-state index contributed by atoms with van der Waals surface area (Å²) in [6.07, 6.45) is 0. The van der Waals surface area contributed by atoms with Crippen LogP contribution in [0.1, 0.15) is 0 Å². The molecule has 8 nitrogen and oxygen atoms in total. The number of benzene rings is 1. The first kappa shape index (κ1) is 13.2. The van der Waals surface area contributed by atoms with E-state index in [1.807, 2.05) is 7.05 Å². The predicted molar refractivity (Wildman–Crippen MR) is 69.5 cm³/mol. The summed E-state index contributed by atoms with van der Waals surface area (Å²) in [6.45, 7) is 2.54. The molecule has 0 amide bonds. The SMILES string of the molecule is CN1CCN(c2c([N+](=O)[O-])cccc2[N+](=O)[O-])CC1. The summed E-state index contributed by atoms with van der Waals surface area (Å²) in [4.78, 5) is 24.8. The number of para-hydroxylation sites is 1. The third-order valence-corrected chi connectivity index (χ3v) is 3.21. The van der Waals surface area contributed by atoms with Crippen LogP contribution in [-0.2, 0) is 0 Å². The molecule has 1 aliphatic rings. The Morgan fingerprint density at radius 3 is 1.89 bits per heavy atom. The lowest BCUT2D eigenvalue weighted by Crippen LogP contribution is -2.44. The van der Waals surface area contributed by atoms with Crippen molar-refractivity contribution in [3.8, 4) is 0 Å². The largest absolute Gasteiger partial charge is 0.358 e. The molecule has 2 rings (SSSR count). The van der Waals surface area contributed by atoms with Crippen LogP contribution >= 0.6 is 0 Å². The van der Waals surface area contributed by atoms with Crippen LogP contribution in [0.5, 0.6) is 0 Å². The van der Waals surface area contributed by atoms with E-state index < -0.39 is 9.85 Å². The van der Waals surface area contributed by atoms with Crippen molar-refractivity contribution in [1.82, 2.24) is 4.90 Å². The molecule has 0 bridgehead atoms. The molecule has 0 saturated carbocycles. The lowest BCUT2D eigenvalue weighted by Gasteiger charge is -2.33. The average Bonchev–Trinajstić information content (AvgIpc) is 2.38. The smallest absolute Gasteiger partial charge is 0.299 e. The molecule has 0 N–H and O–H groups in total. The van der Waals surface area contributed by atoms with Gasteiger partial charge in [0.25, 0.3) is 11.4 Å². The van der Waals surface area contributed by atoms with Gasteiger partial charge in [-0.3, -0.25) is 20.2 Å². The summed E-state index contributed by atoms with van der Waals surface area (Å²) in [6, 6.07) is 3.96. The van der Waals surface area contributed by atoms with Crippen molar-refractivity contribution in [3.63, 3.8) is 0 Å². The maximum atomic E-state index is 11.0. The lowest BCUT2D eigenvalue weighted by molar-refractivity contribution is -0.392. The Balaban J connectivity index is 2.46. The third kappa shape index (κ3) is 2.63. The van der Waals surface area contributed by atoms with Crippen LogP contribution in [0.25, 0.3) is 0 Å². The van der Waals surface area contributed by atoms with Gasteiger partial charge in [-0.2, -0.15) is 0 Å². The fourth-order valence-electron chi connectivity index (χ4n) is 2.17. The van der Waals surface area contributed by atoms with E-state index in [-0.39, 0.29) is 17.1 Å². The first-order chi connectivity index (χ1) is 9.00. The van der Waals surface area contributed by atoms with Gasteiger partial charge in [0.15, 0.2) is 5.69 Å². The molecule has 1 saturated heterocycles. The van der Waals surface area contributed by atoms with Crippen LogP contribution in [-0.4, -0.2) is 48.0 Å². The second-order valence-corrected chi connectivity index (χ2v) is 4.45. The van der Waals surface area contributed by atoms with Crippen molar-refractivity contribution in [2.75, 3.05) is 38.1 Å². The van der Waals surface area contributed by atoms with Crippen LogP contribution in [0.2, 0.25) is 0 Å². The van der Waals surface area contributed by atoms with Gasteiger partial charge in [-0.25, -0.2) is 0 Å². The third-order valence-electron chi connectivity index (χ3n) is 3.21. The quantitative estimate of drug-likeness (QED) is 0.604. The normalized spacial score (nSPS) is 16.4. The zero-order valence-corrected chi connectivity index (χ0v) is 10.5. The van der Waals surface area contributed by atoms with E-state index in [1.54, 1.807) is 4.90 Å². The van der Waals surface area contributed by atoms with Crippen LogP contribution in [0.3, 0.4) is 0 Å². The summed E-state index contributed by atoms with van der Waals surface area (Å²) >= 11 is 0. The molecule has 0 aliphatic carbocycles. The van der Waals surface area contributed by atoms with Crippen molar-refractivity contribution < 1.29 is 9.85 Å². The van der Waals surface area contributed by atoms with Gasteiger partial charge in [0.1, 0.15) is 0 Å². The fraction of sp³-hybridized carbons (Fsp3) is 0.455. The number of anilines is 1. The number of piperazine rings is 1. The summed E-state index contributed by atoms with van der Waals surface area (Å²) in [5.41, 5.74) is -0.303. The van der Waals surface area contributed by atoms with Crippen molar-refractivity contribution in [2.45, 2.75) is 0 Å². The van der Waals surface area contributed by atoms with Gasteiger partial charge in [-0.15, -0.1) is 0 Å². The molecule has 0 aromatic heterocycles. The van der Waals surface area contributed by atoms with Gasteiger partial charge >= 0.3 is 0 Å². The Bertz CT molecular complexity index is 479. The monoisotopic (exact) mass is 266 g/mol. The average molecular weight is 266 g/mol. The van der Waals surface area contributed by atoms with E-state index in [2.05, 4.69) is 4.90 Å². The topological polar surface area (TPSA) is 92.8 Å². The standard InChI is InChI=1S/C11H14N4O4/c1-12-5-7-13(8-6-12)11-9(14(16)17)3-2-4-10(11)15(18)19/h2-4H,5-8H2,1H3. The summed E-state index contributed by atoms with van der Waals surface area (Å²) in [5, 5.41) is 22.1. The second kappa shape index (κ2) is 5.19. The van der Waals surface area contributed by atoms with Gasteiger partial charge in [0, 0.05) is 38.3 Å². The predicted octanol–water partition coefficient (Wildman–Crippen LogP) is 1.25. The lowest BCUT2D eigenvalue weighted by atomic mass is 10.2. The van der Waals surface area contributed by atoms with Gasteiger partial charge in [0.05, 0.1) is 9.85 Å². The number of hydrogen-bond donors (Lipinski definition) is 0. The van der Waals surface area contributed by atoms with E-state index in [1.165, 1.54) is 18.2 Å². The van der Waals surface area contributed by atoms with Crippen LogP contribution < -0.4 is 4.90 Å². The minimum Gasteiger partial charge on any atom is -0.358 e. The van der Waals surface area contributed by atoms with E-state index in [0.717, 1.165) is 13.1 Å². The molecule has 1 heterocycles. The van der Waals surface area contributed by atoms with Crippen LogP contribution in [0.15, 0.2) is 18.2 Å². The molecule has 0 atom stereocenters. The highest BCUT2D eigenvalue weighted by Crippen LogP contribution is 2.37. The molecule has 1 aromatic rings. The molecule has 1 aliphatic heterocycles. The Kier molecular flexibility index (Phi) is 3.61. The molecule has 19 heavy (non-hydrogen) atoms. The molecule has 0 radical (unpaired) electrons. The van der Waals surface area contributed by atoms with Crippen LogP contribution in [0.4, 0.5) is 17.1 Å². The van der Waals surface area contributed by atoms with E-state index >= 15 is 0 Å². The maximum Gasteiger partial charge on any atom is 0.299 e. The Hall–Kier alpha value is -2.22. The van der Waals surface area contributed by atoms with Crippen molar-refractivity contribution >= 4 is 17.1 Å². The molecule has 1 aromatic carbocycles. The molecule has 0 spiro atoms. The summed E-state index contributed by atoms with van der Waals surface area (Å²) in [7, 11) is 1.95. The second-order valence-electron chi connectivity index (χ2n) is 4.45. The molecule has 1 fully saturated rings. The maximum absolute atomic E-state index is 11.0. The highest BCUT2D eigenvalue weighted by molar-refractivity contribution is 5.75. The number of rotatable bonds is 3. The van der Waals surface area contributed by atoms with Gasteiger partial charge < -0.3 is 9.80 Å². The van der Waals surface area contributed by atoms with E-state index in [0.29, 0.717) is 13.1 Å². The number of nitrogens with zero attached hydrogens (tertiary/aromatic N) is 4. The number of hydrogen-bond acceptors (Lipinski definition) is 6. The Morgan fingerprint density at radius 2 is 1.47 bits per heavy atom. The molecule has 8 heteroatoms. The Labute approximate surface area is 109 Å². The van der Waals surface area contributed by atoms with Crippen LogP contribution in [0, 0.1) is 20.2 Å². The van der Waals surface area contributed by atoms with Gasteiger partial charge in [-0.05, 0) is 13.1 Å². The van der Waals surface area contributed by atoms with Gasteiger partial charge in [0.2, 0.25) is 0 Å². The van der Waals surface area contributed by atoms with Crippen molar-refractivity contribution in [1.29, 1.82) is 0 Å². The first-order valence-electron chi connectivity index (χ1n) is 5.86.